The molecule has 0 saturated carbocycles. The Morgan fingerprint density at radius 2 is 2.12 bits per heavy atom. The van der Waals surface area contributed by atoms with Gasteiger partial charge in [0, 0.05) is 50.1 Å². The smallest absolute Gasteiger partial charge is 0.256 e. The number of carbonyl (C=O) groups is 1. The van der Waals surface area contributed by atoms with Gasteiger partial charge in [0.1, 0.15) is 23.1 Å². The summed E-state index contributed by atoms with van der Waals surface area (Å²) in [6.45, 7) is 3.25. The van der Waals surface area contributed by atoms with Gasteiger partial charge in [-0.15, -0.1) is 0 Å². The predicted octanol–water partition coefficient (Wildman–Crippen LogP) is 3.20. The molecular weight excluding hydrogens is 454 g/mol. The van der Waals surface area contributed by atoms with E-state index < -0.39 is 0 Å². The first-order valence-corrected chi connectivity index (χ1v) is 11.5. The van der Waals surface area contributed by atoms with Gasteiger partial charge in [0.15, 0.2) is 5.82 Å². The summed E-state index contributed by atoms with van der Waals surface area (Å²) in [7, 11) is 1.67. The summed E-state index contributed by atoms with van der Waals surface area (Å²) in [5.74, 6) is 1.11. The Balaban J connectivity index is 1.24. The molecule has 0 bridgehead atoms. The Kier molecular flexibility index (Phi) is 6.28. The predicted molar refractivity (Wildman–Crippen MR) is 125 cm³/mol. The molecule has 0 aliphatic carbocycles. The molecule has 0 unspecified atom stereocenters. The highest BCUT2D eigenvalue weighted by atomic mass is 32.2. The second-order valence-electron chi connectivity index (χ2n) is 7.77. The summed E-state index contributed by atoms with van der Waals surface area (Å²) in [6, 6.07) is 6.37. The van der Waals surface area contributed by atoms with Gasteiger partial charge in [-0.3, -0.25) is 9.69 Å². The van der Waals surface area contributed by atoms with Crippen LogP contribution in [0, 0.1) is 6.92 Å². The number of aryl methyl sites for hydroxylation is 1. The van der Waals surface area contributed by atoms with Crippen molar-refractivity contribution in [3.63, 3.8) is 0 Å². The van der Waals surface area contributed by atoms with Gasteiger partial charge in [-0.2, -0.15) is 0 Å². The lowest BCUT2D eigenvalue weighted by molar-refractivity contribution is 0.0952. The minimum Gasteiger partial charge on any atom is -0.364 e. The summed E-state index contributed by atoms with van der Waals surface area (Å²) < 4.78 is 12.4. The van der Waals surface area contributed by atoms with E-state index in [4.69, 9.17) is 9.26 Å². The topological polar surface area (TPSA) is 111 Å². The number of hydrogen-bond acceptors (Lipinski definition) is 9. The van der Waals surface area contributed by atoms with Crippen molar-refractivity contribution >= 4 is 29.2 Å². The standard InChI is InChI=1S/C23H23N7O3S/c1-15-18(10-28-33-15)22(31)25-6-5-17-12-29(13-27-17)11-16-3-4-20-19(9-16)30(14-32-2)21-23(34-20)26-8-7-24-21/h3-4,7-10,12-13H,5-6,11,14H2,1-2H3,(H,25,31). The van der Waals surface area contributed by atoms with Gasteiger partial charge in [-0.1, -0.05) is 23.0 Å². The average molecular weight is 478 g/mol. The Labute approximate surface area is 200 Å². The third-order valence-corrected chi connectivity index (χ3v) is 6.44. The largest absolute Gasteiger partial charge is 0.364 e. The van der Waals surface area contributed by atoms with E-state index in [1.54, 1.807) is 38.2 Å². The summed E-state index contributed by atoms with van der Waals surface area (Å²) >= 11 is 1.61. The van der Waals surface area contributed by atoms with Crippen LogP contribution in [0.4, 0.5) is 11.5 Å². The van der Waals surface area contributed by atoms with Crippen LogP contribution < -0.4 is 10.2 Å². The maximum atomic E-state index is 12.2. The van der Waals surface area contributed by atoms with E-state index in [1.165, 1.54) is 6.20 Å². The molecule has 1 aliphatic rings. The Hall–Kier alpha value is -3.70. The van der Waals surface area contributed by atoms with Crippen LogP contribution in [-0.4, -0.2) is 51.0 Å². The first-order chi connectivity index (χ1) is 16.6. The normalized spacial score (nSPS) is 12.4. The van der Waals surface area contributed by atoms with Gasteiger partial charge in [0.2, 0.25) is 0 Å². The number of carbonyl (C=O) groups excluding carboxylic acids is 1. The van der Waals surface area contributed by atoms with E-state index in [2.05, 4.69) is 43.6 Å². The van der Waals surface area contributed by atoms with Gasteiger partial charge in [0.25, 0.3) is 5.91 Å². The van der Waals surface area contributed by atoms with E-state index in [9.17, 15) is 4.79 Å². The number of methoxy groups -OCH3 is 1. The number of benzene rings is 1. The highest BCUT2D eigenvalue weighted by molar-refractivity contribution is 7.99. The van der Waals surface area contributed by atoms with Crippen LogP contribution in [0.25, 0.3) is 0 Å². The van der Waals surface area contributed by atoms with Crippen molar-refractivity contribution in [2.75, 3.05) is 25.3 Å². The molecule has 1 aromatic carbocycles. The number of nitrogens with one attached hydrogen (secondary N) is 1. The summed E-state index contributed by atoms with van der Waals surface area (Å²) in [5.41, 5.74) is 3.53. The molecule has 0 atom stereocenters. The number of nitrogens with zero attached hydrogens (tertiary/aromatic N) is 6. The van der Waals surface area contributed by atoms with Crippen molar-refractivity contribution in [1.29, 1.82) is 0 Å². The molecule has 34 heavy (non-hydrogen) atoms. The van der Waals surface area contributed by atoms with Gasteiger partial charge in [-0.25, -0.2) is 15.0 Å². The van der Waals surface area contributed by atoms with Gasteiger partial charge in [0.05, 0.1) is 23.9 Å². The van der Waals surface area contributed by atoms with E-state index in [1.807, 2.05) is 22.0 Å². The lowest BCUT2D eigenvalue weighted by Crippen LogP contribution is -2.25. The third kappa shape index (κ3) is 4.52. The van der Waals surface area contributed by atoms with Crippen molar-refractivity contribution < 1.29 is 14.1 Å². The fourth-order valence-corrected chi connectivity index (χ4v) is 4.75. The molecule has 3 aromatic heterocycles. The molecule has 4 heterocycles. The number of hydrogen-bond donors (Lipinski definition) is 1. The number of fused-ring (bicyclic) bond motifs is 2. The molecule has 4 aromatic rings. The minimum absolute atomic E-state index is 0.197. The molecule has 174 valence electrons. The maximum Gasteiger partial charge on any atom is 0.256 e. The SMILES string of the molecule is COCN1c2cc(Cn3cnc(CCNC(=O)c4cnoc4C)c3)ccc2Sc2nccnc21. The average Bonchev–Trinajstić information content (AvgIpc) is 3.48. The molecule has 0 radical (unpaired) electrons. The quantitative estimate of drug-likeness (QED) is 0.409. The van der Waals surface area contributed by atoms with Crippen LogP contribution in [0.1, 0.15) is 27.4 Å². The van der Waals surface area contributed by atoms with Crippen molar-refractivity contribution in [3.8, 4) is 0 Å². The van der Waals surface area contributed by atoms with E-state index >= 15 is 0 Å². The molecule has 10 nitrogen and oxygen atoms in total. The summed E-state index contributed by atoms with van der Waals surface area (Å²) in [5, 5.41) is 7.38. The van der Waals surface area contributed by atoms with Crippen LogP contribution in [0.5, 0.6) is 0 Å². The molecule has 0 spiro atoms. The van der Waals surface area contributed by atoms with E-state index in [-0.39, 0.29) is 5.91 Å². The minimum atomic E-state index is -0.197. The lowest BCUT2D eigenvalue weighted by atomic mass is 10.2. The Morgan fingerprint density at radius 3 is 2.94 bits per heavy atom. The van der Waals surface area contributed by atoms with Gasteiger partial charge in [-0.05, 0) is 24.6 Å². The zero-order chi connectivity index (χ0) is 23.5. The van der Waals surface area contributed by atoms with Crippen LogP contribution >= 0.6 is 11.8 Å². The van der Waals surface area contributed by atoms with Crippen molar-refractivity contribution in [1.82, 2.24) is 30.0 Å². The fraction of sp³-hybridized carbons (Fsp3) is 0.261. The second-order valence-corrected chi connectivity index (χ2v) is 8.80. The molecule has 1 amide bonds. The van der Waals surface area contributed by atoms with Crippen molar-refractivity contribution in [3.05, 3.63) is 71.9 Å². The Bertz CT molecular complexity index is 1320. The summed E-state index contributed by atoms with van der Waals surface area (Å²) in [4.78, 5) is 28.8. The zero-order valence-electron chi connectivity index (χ0n) is 18.8. The van der Waals surface area contributed by atoms with E-state index in [0.29, 0.717) is 37.6 Å². The van der Waals surface area contributed by atoms with Crippen LogP contribution in [0.2, 0.25) is 0 Å². The maximum absolute atomic E-state index is 12.2. The van der Waals surface area contributed by atoms with E-state index in [0.717, 1.165) is 32.7 Å². The number of aromatic nitrogens is 5. The lowest BCUT2D eigenvalue weighted by Gasteiger charge is -2.30. The first-order valence-electron chi connectivity index (χ1n) is 10.7. The van der Waals surface area contributed by atoms with Crippen LogP contribution in [-0.2, 0) is 17.7 Å². The van der Waals surface area contributed by atoms with Crippen molar-refractivity contribution in [2.24, 2.45) is 0 Å². The Morgan fingerprint density at radius 1 is 1.24 bits per heavy atom. The molecular formula is C23H23N7O3S. The number of amides is 1. The molecule has 1 aliphatic heterocycles. The number of rotatable bonds is 8. The van der Waals surface area contributed by atoms with Gasteiger partial charge < -0.3 is 19.1 Å². The fourth-order valence-electron chi connectivity index (χ4n) is 3.76. The summed E-state index contributed by atoms with van der Waals surface area (Å²) in [6.07, 6.45) is 9.26. The number of ether oxygens (including phenoxy) is 1. The second kappa shape index (κ2) is 9.65. The molecule has 0 fully saturated rings. The highest BCUT2D eigenvalue weighted by Crippen LogP contribution is 2.46. The molecule has 11 heteroatoms. The van der Waals surface area contributed by atoms with Crippen LogP contribution in [0.3, 0.4) is 0 Å². The van der Waals surface area contributed by atoms with Crippen molar-refractivity contribution in [2.45, 2.75) is 29.8 Å². The monoisotopic (exact) mass is 477 g/mol. The molecule has 0 saturated heterocycles. The third-order valence-electron chi connectivity index (χ3n) is 5.40. The van der Waals surface area contributed by atoms with Crippen LogP contribution in [0.15, 0.2) is 63.8 Å². The first kappa shape index (κ1) is 22.1. The number of anilines is 2. The number of imidazole rings is 1. The van der Waals surface area contributed by atoms with Gasteiger partial charge >= 0.3 is 0 Å². The zero-order valence-corrected chi connectivity index (χ0v) is 19.6. The molecule has 5 rings (SSSR count). The highest BCUT2D eigenvalue weighted by Gasteiger charge is 2.25. The molecule has 1 N–H and O–H groups in total.